The maximum atomic E-state index is 12.2. The Hall–Kier alpha value is -3.13. The summed E-state index contributed by atoms with van der Waals surface area (Å²) in [5.74, 6) is 0.919. The number of amides is 1. The van der Waals surface area contributed by atoms with Gasteiger partial charge in [0.1, 0.15) is 11.6 Å². The first-order valence-corrected chi connectivity index (χ1v) is 11.2. The number of hydrogen-bond acceptors (Lipinski definition) is 4. The summed E-state index contributed by atoms with van der Waals surface area (Å²) >= 11 is 17.4. The number of carbonyl (C=O) groups excluding carboxylic acids is 1. The molecule has 1 amide bonds. The fraction of sp³-hybridized carbons (Fsp3) is 0.125. The standard InChI is InChI=1S/C24H20Cl2N4O2S/c1-13-9-19-20(11-18(13)26)29-23(28-19)15-4-3-5-17(10-15)27-24(33)30-22(31)12-32-21-7-6-16(25)8-14(21)2/h3-11H,12H2,1-2H3,(H,28,29)(H2,27,30,31,33). The summed E-state index contributed by atoms with van der Waals surface area (Å²) in [7, 11) is 0. The number of aryl methyl sites for hydroxylation is 2. The first kappa shape index (κ1) is 23.0. The van der Waals surface area contributed by atoms with Crippen molar-refractivity contribution < 1.29 is 9.53 Å². The molecule has 0 aliphatic rings. The second-order valence-corrected chi connectivity index (χ2v) is 8.74. The van der Waals surface area contributed by atoms with Crippen LogP contribution in [-0.2, 0) is 4.79 Å². The lowest BCUT2D eigenvalue weighted by molar-refractivity contribution is -0.121. The summed E-state index contributed by atoms with van der Waals surface area (Å²) in [5.41, 5.74) is 5.09. The largest absolute Gasteiger partial charge is 0.483 e. The minimum atomic E-state index is -0.373. The molecule has 0 spiro atoms. The van der Waals surface area contributed by atoms with Crippen LogP contribution in [0.2, 0.25) is 10.0 Å². The van der Waals surface area contributed by atoms with Crippen LogP contribution in [0.3, 0.4) is 0 Å². The Labute approximate surface area is 206 Å². The fourth-order valence-electron chi connectivity index (χ4n) is 3.26. The van der Waals surface area contributed by atoms with Gasteiger partial charge in [0.2, 0.25) is 0 Å². The molecule has 0 atom stereocenters. The second-order valence-electron chi connectivity index (χ2n) is 7.49. The Kier molecular flexibility index (Phi) is 6.83. The van der Waals surface area contributed by atoms with Gasteiger partial charge in [-0.1, -0.05) is 35.3 Å². The number of carbonyl (C=O) groups is 1. The number of halogens is 2. The zero-order valence-corrected chi connectivity index (χ0v) is 20.2. The van der Waals surface area contributed by atoms with E-state index >= 15 is 0 Å². The molecule has 0 saturated carbocycles. The topological polar surface area (TPSA) is 79.0 Å². The predicted octanol–water partition coefficient (Wildman–Crippen LogP) is 6.05. The van der Waals surface area contributed by atoms with Gasteiger partial charge < -0.3 is 15.0 Å². The number of anilines is 1. The highest BCUT2D eigenvalue weighted by atomic mass is 35.5. The smallest absolute Gasteiger partial charge is 0.264 e. The highest BCUT2D eigenvalue weighted by Gasteiger charge is 2.10. The number of aromatic nitrogens is 2. The molecule has 6 nitrogen and oxygen atoms in total. The number of fused-ring (bicyclic) bond motifs is 1. The van der Waals surface area contributed by atoms with Crippen molar-refractivity contribution >= 4 is 63.2 Å². The third-order valence-corrected chi connectivity index (χ3v) is 5.75. The van der Waals surface area contributed by atoms with Gasteiger partial charge in [-0.25, -0.2) is 4.98 Å². The van der Waals surface area contributed by atoms with Crippen molar-refractivity contribution in [2.24, 2.45) is 0 Å². The highest BCUT2D eigenvalue weighted by molar-refractivity contribution is 7.80. The van der Waals surface area contributed by atoms with Crippen molar-refractivity contribution in [3.63, 3.8) is 0 Å². The van der Waals surface area contributed by atoms with Gasteiger partial charge in [0.25, 0.3) is 5.91 Å². The zero-order chi connectivity index (χ0) is 23.5. The number of H-pyrrole nitrogens is 1. The number of nitrogens with zero attached hydrogens (tertiary/aromatic N) is 1. The van der Waals surface area contributed by atoms with Gasteiger partial charge >= 0.3 is 0 Å². The van der Waals surface area contributed by atoms with Crippen molar-refractivity contribution in [3.8, 4) is 17.1 Å². The molecular formula is C24H20Cl2N4O2S. The van der Waals surface area contributed by atoms with Gasteiger partial charge in [-0.15, -0.1) is 0 Å². The number of ether oxygens (including phenoxy) is 1. The van der Waals surface area contributed by atoms with Crippen LogP contribution in [0, 0.1) is 13.8 Å². The van der Waals surface area contributed by atoms with Crippen LogP contribution in [0.25, 0.3) is 22.4 Å². The minimum Gasteiger partial charge on any atom is -0.483 e. The van der Waals surface area contributed by atoms with Crippen LogP contribution in [-0.4, -0.2) is 27.6 Å². The fourth-order valence-corrected chi connectivity index (χ4v) is 3.88. The van der Waals surface area contributed by atoms with Crippen LogP contribution in [0.4, 0.5) is 5.69 Å². The molecule has 0 fully saturated rings. The van der Waals surface area contributed by atoms with Gasteiger partial charge in [0, 0.05) is 21.3 Å². The number of thiocarbonyl (C=S) groups is 1. The normalized spacial score (nSPS) is 10.8. The minimum absolute atomic E-state index is 0.167. The lowest BCUT2D eigenvalue weighted by atomic mass is 10.2. The number of benzene rings is 3. The molecule has 1 heterocycles. The highest BCUT2D eigenvalue weighted by Crippen LogP contribution is 2.27. The maximum absolute atomic E-state index is 12.2. The Morgan fingerprint density at radius 3 is 2.70 bits per heavy atom. The van der Waals surface area contributed by atoms with Gasteiger partial charge in [0.05, 0.1) is 11.0 Å². The molecule has 0 radical (unpaired) electrons. The Bertz CT molecular complexity index is 1330. The quantitative estimate of drug-likeness (QED) is 0.292. The maximum Gasteiger partial charge on any atom is 0.264 e. The van der Waals surface area contributed by atoms with E-state index in [9.17, 15) is 4.79 Å². The molecule has 0 bridgehead atoms. The van der Waals surface area contributed by atoms with Gasteiger partial charge in [-0.2, -0.15) is 0 Å². The molecule has 168 valence electrons. The molecule has 0 unspecified atom stereocenters. The molecule has 4 rings (SSSR count). The molecular weight excluding hydrogens is 479 g/mol. The van der Waals surface area contributed by atoms with Crippen LogP contribution < -0.4 is 15.4 Å². The van der Waals surface area contributed by atoms with Crippen molar-refractivity contribution in [1.29, 1.82) is 0 Å². The Morgan fingerprint density at radius 2 is 1.91 bits per heavy atom. The number of aromatic amines is 1. The van der Waals surface area contributed by atoms with Crippen LogP contribution in [0.1, 0.15) is 11.1 Å². The van der Waals surface area contributed by atoms with Gasteiger partial charge in [0.15, 0.2) is 11.7 Å². The van der Waals surface area contributed by atoms with E-state index in [0.29, 0.717) is 27.3 Å². The summed E-state index contributed by atoms with van der Waals surface area (Å²) in [6, 6.07) is 16.5. The summed E-state index contributed by atoms with van der Waals surface area (Å²) in [6.45, 7) is 3.63. The molecule has 9 heteroatoms. The van der Waals surface area contributed by atoms with E-state index in [-0.39, 0.29) is 17.6 Å². The summed E-state index contributed by atoms with van der Waals surface area (Å²) in [6.07, 6.45) is 0. The SMILES string of the molecule is Cc1cc2[nH]c(-c3cccc(NC(=S)NC(=O)COc4ccc(Cl)cc4C)c3)nc2cc1Cl. The first-order chi connectivity index (χ1) is 15.8. The molecule has 1 aromatic heterocycles. The number of nitrogens with one attached hydrogen (secondary N) is 3. The van der Waals surface area contributed by atoms with E-state index < -0.39 is 0 Å². The van der Waals surface area contributed by atoms with E-state index in [1.807, 2.05) is 50.2 Å². The van der Waals surface area contributed by atoms with Gasteiger partial charge in [-0.05, 0) is 79.7 Å². The van der Waals surface area contributed by atoms with E-state index in [4.69, 9.17) is 40.2 Å². The Morgan fingerprint density at radius 1 is 1.09 bits per heavy atom. The second kappa shape index (κ2) is 9.79. The Balaban J connectivity index is 1.38. The lowest BCUT2D eigenvalue weighted by Gasteiger charge is -2.12. The van der Waals surface area contributed by atoms with Crippen LogP contribution in [0.15, 0.2) is 54.6 Å². The van der Waals surface area contributed by atoms with E-state index in [1.165, 1.54) is 0 Å². The summed E-state index contributed by atoms with van der Waals surface area (Å²) < 4.78 is 5.55. The summed E-state index contributed by atoms with van der Waals surface area (Å²) in [5, 5.41) is 7.08. The molecule has 3 N–H and O–H groups in total. The van der Waals surface area contributed by atoms with Crippen molar-refractivity contribution in [3.05, 3.63) is 75.8 Å². The van der Waals surface area contributed by atoms with Crippen LogP contribution >= 0.6 is 35.4 Å². The zero-order valence-electron chi connectivity index (χ0n) is 17.8. The lowest BCUT2D eigenvalue weighted by Crippen LogP contribution is -2.37. The van der Waals surface area contributed by atoms with Gasteiger partial charge in [-0.3, -0.25) is 10.1 Å². The monoisotopic (exact) mass is 498 g/mol. The molecule has 33 heavy (non-hydrogen) atoms. The van der Waals surface area contributed by atoms with E-state index in [1.54, 1.807) is 18.2 Å². The number of imidazole rings is 1. The molecule has 4 aromatic rings. The van der Waals surface area contributed by atoms with Crippen molar-refractivity contribution in [2.75, 3.05) is 11.9 Å². The molecule has 3 aromatic carbocycles. The number of rotatable bonds is 5. The third kappa shape index (κ3) is 5.63. The first-order valence-electron chi connectivity index (χ1n) is 10.0. The number of hydrogen-bond donors (Lipinski definition) is 3. The van der Waals surface area contributed by atoms with Crippen molar-refractivity contribution in [1.82, 2.24) is 15.3 Å². The average Bonchev–Trinajstić information content (AvgIpc) is 3.16. The van der Waals surface area contributed by atoms with E-state index in [0.717, 1.165) is 27.7 Å². The van der Waals surface area contributed by atoms with Crippen LogP contribution in [0.5, 0.6) is 5.75 Å². The van der Waals surface area contributed by atoms with Crippen molar-refractivity contribution in [2.45, 2.75) is 13.8 Å². The summed E-state index contributed by atoms with van der Waals surface area (Å²) in [4.78, 5) is 20.2. The third-order valence-electron chi connectivity index (χ3n) is 4.90. The predicted molar refractivity (Wildman–Crippen MR) is 137 cm³/mol. The molecule has 0 saturated heterocycles. The average molecular weight is 499 g/mol. The van der Waals surface area contributed by atoms with E-state index in [2.05, 4.69) is 20.6 Å². The molecule has 0 aliphatic heterocycles. The molecule has 0 aliphatic carbocycles.